The van der Waals surface area contributed by atoms with Crippen molar-refractivity contribution >= 4 is 11.5 Å². The third-order valence-corrected chi connectivity index (χ3v) is 2.32. The highest BCUT2D eigenvalue weighted by molar-refractivity contribution is 6.01. The number of methoxy groups -OCH3 is 1. The Labute approximate surface area is 90.2 Å². The van der Waals surface area contributed by atoms with Crippen molar-refractivity contribution in [3.63, 3.8) is 0 Å². The van der Waals surface area contributed by atoms with E-state index in [-0.39, 0.29) is 5.78 Å². The summed E-state index contributed by atoms with van der Waals surface area (Å²) in [5.41, 5.74) is 6.84. The summed E-state index contributed by atoms with van der Waals surface area (Å²) in [6, 6.07) is 5.16. The fourth-order valence-electron chi connectivity index (χ4n) is 1.38. The number of ketones is 1. The third kappa shape index (κ3) is 2.98. The maximum Gasteiger partial charge on any atom is 0.165 e. The number of anilines is 1. The number of carbonyl (C=O) groups excluding carboxylic acids is 1. The largest absolute Gasteiger partial charge is 0.497 e. The monoisotopic (exact) mass is 207 g/mol. The summed E-state index contributed by atoms with van der Waals surface area (Å²) >= 11 is 0. The standard InChI is InChI=1S/C12H17NO2/c1-3-4-5-12(14)10-8-9(15-2)6-7-11(10)13/h6-8H,3-5,13H2,1-2H3. The van der Waals surface area contributed by atoms with Crippen molar-refractivity contribution in [3.05, 3.63) is 23.8 Å². The number of ether oxygens (including phenoxy) is 1. The number of hydrogen-bond donors (Lipinski definition) is 1. The first-order valence-electron chi connectivity index (χ1n) is 5.15. The van der Waals surface area contributed by atoms with E-state index in [0.29, 0.717) is 23.4 Å². The van der Waals surface area contributed by atoms with Gasteiger partial charge in [0.05, 0.1) is 7.11 Å². The van der Waals surface area contributed by atoms with Crippen LogP contribution in [0.25, 0.3) is 0 Å². The number of hydrogen-bond acceptors (Lipinski definition) is 3. The van der Waals surface area contributed by atoms with Crippen LogP contribution >= 0.6 is 0 Å². The highest BCUT2D eigenvalue weighted by Crippen LogP contribution is 2.21. The molecule has 0 bridgehead atoms. The molecular weight excluding hydrogens is 190 g/mol. The fourth-order valence-corrected chi connectivity index (χ4v) is 1.38. The van der Waals surface area contributed by atoms with Gasteiger partial charge in [-0.15, -0.1) is 0 Å². The van der Waals surface area contributed by atoms with Gasteiger partial charge in [0.15, 0.2) is 5.78 Å². The number of Topliss-reactive ketones (excluding diaryl/α,β-unsaturated/α-hetero) is 1. The van der Waals surface area contributed by atoms with E-state index in [2.05, 4.69) is 6.92 Å². The molecule has 15 heavy (non-hydrogen) atoms. The second kappa shape index (κ2) is 5.39. The Bertz CT molecular complexity index is 347. The van der Waals surface area contributed by atoms with Gasteiger partial charge in [0.1, 0.15) is 5.75 Å². The van der Waals surface area contributed by atoms with Gasteiger partial charge in [-0.25, -0.2) is 0 Å². The van der Waals surface area contributed by atoms with E-state index >= 15 is 0 Å². The smallest absolute Gasteiger partial charge is 0.165 e. The van der Waals surface area contributed by atoms with Gasteiger partial charge in [-0.05, 0) is 24.6 Å². The molecule has 82 valence electrons. The molecule has 0 amide bonds. The second-order valence-corrected chi connectivity index (χ2v) is 3.48. The molecule has 0 aromatic heterocycles. The van der Waals surface area contributed by atoms with E-state index < -0.39 is 0 Å². The quantitative estimate of drug-likeness (QED) is 0.596. The zero-order valence-electron chi connectivity index (χ0n) is 9.25. The van der Waals surface area contributed by atoms with E-state index in [1.165, 1.54) is 0 Å². The molecule has 0 fully saturated rings. The molecule has 0 unspecified atom stereocenters. The summed E-state index contributed by atoms with van der Waals surface area (Å²) < 4.78 is 5.06. The van der Waals surface area contributed by atoms with Crippen LogP contribution in [0.5, 0.6) is 5.75 Å². The van der Waals surface area contributed by atoms with E-state index in [1.807, 2.05) is 0 Å². The van der Waals surface area contributed by atoms with Gasteiger partial charge < -0.3 is 10.5 Å². The Kier molecular flexibility index (Phi) is 4.16. The van der Waals surface area contributed by atoms with Crippen molar-refractivity contribution in [2.75, 3.05) is 12.8 Å². The van der Waals surface area contributed by atoms with Crippen LogP contribution < -0.4 is 10.5 Å². The topological polar surface area (TPSA) is 52.3 Å². The summed E-state index contributed by atoms with van der Waals surface area (Å²) in [4.78, 5) is 11.8. The molecule has 0 aliphatic rings. The molecule has 0 radical (unpaired) electrons. The minimum absolute atomic E-state index is 0.0910. The van der Waals surface area contributed by atoms with Crippen LogP contribution in [0.3, 0.4) is 0 Å². The molecule has 0 aliphatic carbocycles. The van der Waals surface area contributed by atoms with Crippen LogP contribution in [0.1, 0.15) is 36.5 Å². The van der Waals surface area contributed by atoms with Crippen LogP contribution in [0.4, 0.5) is 5.69 Å². The number of carbonyl (C=O) groups is 1. The number of benzene rings is 1. The Morgan fingerprint density at radius 1 is 1.47 bits per heavy atom. The number of unbranched alkanes of at least 4 members (excludes halogenated alkanes) is 1. The van der Waals surface area contributed by atoms with Gasteiger partial charge in [0.25, 0.3) is 0 Å². The fraction of sp³-hybridized carbons (Fsp3) is 0.417. The van der Waals surface area contributed by atoms with Crippen molar-refractivity contribution in [3.8, 4) is 5.75 Å². The van der Waals surface area contributed by atoms with Crippen LogP contribution in [-0.2, 0) is 0 Å². The highest BCUT2D eigenvalue weighted by atomic mass is 16.5. The van der Waals surface area contributed by atoms with Crippen molar-refractivity contribution in [2.24, 2.45) is 0 Å². The lowest BCUT2D eigenvalue weighted by Gasteiger charge is -2.06. The van der Waals surface area contributed by atoms with Crippen molar-refractivity contribution in [1.29, 1.82) is 0 Å². The van der Waals surface area contributed by atoms with Crippen LogP contribution in [0.15, 0.2) is 18.2 Å². The molecule has 0 spiro atoms. The van der Waals surface area contributed by atoms with E-state index in [1.54, 1.807) is 25.3 Å². The van der Waals surface area contributed by atoms with E-state index in [0.717, 1.165) is 12.8 Å². The highest BCUT2D eigenvalue weighted by Gasteiger charge is 2.10. The van der Waals surface area contributed by atoms with Gasteiger partial charge >= 0.3 is 0 Å². The molecule has 0 atom stereocenters. The molecule has 1 aromatic carbocycles. The maximum atomic E-state index is 11.8. The van der Waals surface area contributed by atoms with Gasteiger partial charge in [-0.3, -0.25) is 4.79 Å². The first-order valence-corrected chi connectivity index (χ1v) is 5.15. The van der Waals surface area contributed by atoms with Gasteiger partial charge in [-0.1, -0.05) is 13.3 Å². The second-order valence-electron chi connectivity index (χ2n) is 3.48. The van der Waals surface area contributed by atoms with Gasteiger partial charge in [0.2, 0.25) is 0 Å². The van der Waals surface area contributed by atoms with Gasteiger partial charge in [-0.2, -0.15) is 0 Å². The Morgan fingerprint density at radius 3 is 2.80 bits per heavy atom. The lowest BCUT2D eigenvalue weighted by atomic mass is 10.0. The predicted molar refractivity (Wildman–Crippen MR) is 61.3 cm³/mol. The summed E-state index contributed by atoms with van der Waals surface area (Å²) in [6.07, 6.45) is 2.46. The zero-order valence-corrected chi connectivity index (χ0v) is 9.25. The maximum absolute atomic E-state index is 11.8. The zero-order chi connectivity index (χ0) is 11.3. The lowest BCUT2D eigenvalue weighted by molar-refractivity contribution is 0.0980. The minimum Gasteiger partial charge on any atom is -0.497 e. The molecule has 3 heteroatoms. The Balaban J connectivity index is 2.86. The molecular formula is C12H17NO2. The Morgan fingerprint density at radius 2 is 2.20 bits per heavy atom. The predicted octanol–water partition coefficient (Wildman–Crippen LogP) is 2.65. The molecule has 0 saturated heterocycles. The summed E-state index contributed by atoms with van der Waals surface area (Å²) in [5, 5.41) is 0. The normalized spacial score (nSPS) is 10.0. The minimum atomic E-state index is 0.0910. The molecule has 0 aliphatic heterocycles. The van der Waals surface area contributed by atoms with E-state index in [9.17, 15) is 4.79 Å². The summed E-state index contributed by atoms with van der Waals surface area (Å²) in [7, 11) is 1.58. The first-order chi connectivity index (χ1) is 7.19. The first kappa shape index (κ1) is 11.6. The molecule has 2 N–H and O–H groups in total. The van der Waals surface area contributed by atoms with Crippen molar-refractivity contribution in [2.45, 2.75) is 26.2 Å². The Hall–Kier alpha value is -1.51. The van der Waals surface area contributed by atoms with Crippen molar-refractivity contribution < 1.29 is 9.53 Å². The number of nitrogens with two attached hydrogens (primary N) is 1. The molecule has 0 saturated carbocycles. The number of nitrogen functional groups attached to an aromatic ring is 1. The molecule has 0 heterocycles. The average Bonchev–Trinajstić information content (AvgIpc) is 2.26. The molecule has 1 aromatic rings. The third-order valence-electron chi connectivity index (χ3n) is 2.32. The van der Waals surface area contributed by atoms with Crippen molar-refractivity contribution in [1.82, 2.24) is 0 Å². The number of rotatable bonds is 5. The van der Waals surface area contributed by atoms with Crippen LogP contribution in [-0.4, -0.2) is 12.9 Å². The van der Waals surface area contributed by atoms with E-state index in [4.69, 9.17) is 10.5 Å². The molecule has 1 rings (SSSR count). The SMILES string of the molecule is CCCCC(=O)c1cc(OC)ccc1N. The lowest BCUT2D eigenvalue weighted by Crippen LogP contribution is -2.04. The van der Waals surface area contributed by atoms with Gasteiger partial charge in [0, 0.05) is 17.7 Å². The van der Waals surface area contributed by atoms with Crippen LogP contribution in [0.2, 0.25) is 0 Å². The molecule has 3 nitrogen and oxygen atoms in total. The average molecular weight is 207 g/mol. The summed E-state index contributed by atoms with van der Waals surface area (Å²) in [6.45, 7) is 2.06. The van der Waals surface area contributed by atoms with Crippen LogP contribution in [0, 0.1) is 0 Å². The summed E-state index contributed by atoms with van der Waals surface area (Å²) in [5.74, 6) is 0.761.